The molecule has 0 radical (unpaired) electrons. The molecule has 3 amide bonds. The van der Waals surface area contributed by atoms with E-state index in [4.69, 9.17) is 0 Å². The first kappa shape index (κ1) is 16.6. The third-order valence-corrected chi connectivity index (χ3v) is 4.70. The van der Waals surface area contributed by atoms with Crippen LogP contribution in [0.15, 0.2) is 24.3 Å². The Morgan fingerprint density at radius 1 is 1.21 bits per heavy atom. The van der Waals surface area contributed by atoms with Gasteiger partial charge in [0.1, 0.15) is 0 Å². The quantitative estimate of drug-likeness (QED) is 0.861. The number of anilines is 2. The summed E-state index contributed by atoms with van der Waals surface area (Å²) in [5.74, 6) is 0.111. The Bertz CT molecular complexity index is 656. The van der Waals surface area contributed by atoms with Crippen LogP contribution < -0.4 is 10.2 Å². The largest absolute Gasteiger partial charge is 0.326 e. The molecule has 128 valence electrons. The number of rotatable bonds is 3. The Hall–Kier alpha value is -2.21. The predicted octanol–water partition coefficient (Wildman–Crippen LogP) is 2.01. The van der Waals surface area contributed by atoms with Crippen molar-refractivity contribution in [1.82, 2.24) is 4.90 Å². The van der Waals surface area contributed by atoms with E-state index in [-0.39, 0.29) is 30.2 Å². The zero-order valence-corrected chi connectivity index (χ0v) is 14.1. The molecule has 0 aliphatic carbocycles. The van der Waals surface area contributed by atoms with Crippen LogP contribution in [0.4, 0.5) is 11.4 Å². The molecule has 1 aromatic rings. The van der Waals surface area contributed by atoms with Gasteiger partial charge in [-0.15, -0.1) is 0 Å². The summed E-state index contributed by atoms with van der Waals surface area (Å²) in [5, 5.41) is 2.67. The molecule has 2 atom stereocenters. The minimum Gasteiger partial charge on any atom is -0.326 e. The molecule has 2 saturated heterocycles. The average Bonchev–Trinajstić information content (AvgIpc) is 2.83. The van der Waals surface area contributed by atoms with E-state index in [1.54, 1.807) is 24.3 Å². The minimum absolute atomic E-state index is 0.138. The summed E-state index contributed by atoms with van der Waals surface area (Å²) < 4.78 is 0. The van der Waals surface area contributed by atoms with E-state index in [9.17, 15) is 14.4 Å². The number of hydrogen-bond donors (Lipinski definition) is 1. The molecular formula is C18H23N3O3. The van der Waals surface area contributed by atoms with Gasteiger partial charge in [-0.2, -0.15) is 0 Å². The Morgan fingerprint density at radius 2 is 1.92 bits per heavy atom. The molecule has 2 aliphatic rings. The number of nitrogens with zero attached hydrogens (tertiary/aromatic N) is 2. The molecule has 6 nitrogen and oxygen atoms in total. The number of carbonyl (C=O) groups excluding carboxylic acids is 3. The fraction of sp³-hybridized carbons (Fsp3) is 0.500. The van der Waals surface area contributed by atoms with Gasteiger partial charge in [-0.1, -0.05) is 6.92 Å². The highest BCUT2D eigenvalue weighted by molar-refractivity contribution is 6.22. The Morgan fingerprint density at radius 3 is 2.54 bits per heavy atom. The lowest BCUT2D eigenvalue weighted by Crippen LogP contribution is -2.46. The van der Waals surface area contributed by atoms with Crippen LogP contribution in [0.1, 0.15) is 33.1 Å². The number of likely N-dealkylation sites (tertiary alicyclic amines) is 1. The lowest BCUT2D eigenvalue weighted by atomic mass is 9.98. The van der Waals surface area contributed by atoms with Gasteiger partial charge in [0, 0.05) is 19.2 Å². The van der Waals surface area contributed by atoms with Crippen molar-refractivity contribution in [3.63, 3.8) is 0 Å². The molecule has 3 rings (SSSR count). The molecule has 0 spiro atoms. The zero-order valence-electron chi connectivity index (χ0n) is 14.1. The second-order valence-electron chi connectivity index (χ2n) is 6.76. The van der Waals surface area contributed by atoms with Gasteiger partial charge in [-0.3, -0.25) is 19.3 Å². The van der Waals surface area contributed by atoms with Crippen LogP contribution in [0.2, 0.25) is 0 Å². The van der Waals surface area contributed by atoms with Crippen LogP contribution in [0.25, 0.3) is 0 Å². The van der Waals surface area contributed by atoms with Crippen LogP contribution in [0, 0.1) is 5.92 Å². The monoisotopic (exact) mass is 329 g/mol. The molecule has 2 heterocycles. The van der Waals surface area contributed by atoms with E-state index >= 15 is 0 Å². The summed E-state index contributed by atoms with van der Waals surface area (Å²) in [4.78, 5) is 39.7. The van der Waals surface area contributed by atoms with E-state index in [0.717, 1.165) is 19.5 Å². The van der Waals surface area contributed by atoms with Crippen molar-refractivity contribution in [2.75, 3.05) is 23.3 Å². The van der Waals surface area contributed by atoms with Crippen molar-refractivity contribution in [2.45, 2.75) is 39.2 Å². The van der Waals surface area contributed by atoms with E-state index < -0.39 is 0 Å². The Labute approximate surface area is 141 Å². The number of carbonyl (C=O) groups is 3. The van der Waals surface area contributed by atoms with Crippen molar-refractivity contribution in [3.05, 3.63) is 24.3 Å². The van der Waals surface area contributed by atoms with Gasteiger partial charge >= 0.3 is 0 Å². The van der Waals surface area contributed by atoms with Gasteiger partial charge in [0.05, 0.1) is 18.2 Å². The van der Waals surface area contributed by atoms with Gasteiger partial charge in [0.25, 0.3) is 5.91 Å². The number of nitrogens with one attached hydrogen (secondary N) is 1. The SMILES string of the molecule is CC(=O)Nc1ccc(N2C(=O)CC(N3CCCC(C)C3)C2=O)cc1. The van der Waals surface area contributed by atoms with Crippen molar-refractivity contribution < 1.29 is 14.4 Å². The molecule has 2 fully saturated rings. The summed E-state index contributed by atoms with van der Waals surface area (Å²) in [5.41, 5.74) is 1.21. The van der Waals surface area contributed by atoms with Crippen LogP contribution >= 0.6 is 0 Å². The van der Waals surface area contributed by atoms with Gasteiger partial charge in [-0.25, -0.2) is 4.90 Å². The third kappa shape index (κ3) is 3.33. The summed E-state index contributed by atoms with van der Waals surface area (Å²) in [6, 6.07) is 6.46. The summed E-state index contributed by atoms with van der Waals surface area (Å²) in [6.07, 6.45) is 2.50. The highest BCUT2D eigenvalue weighted by atomic mass is 16.2. The molecule has 2 unspecified atom stereocenters. The van der Waals surface area contributed by atoms with E-state index in [2.05, 4.69) is 17.1 Å². The van der Waals surface area contributed by atoms with E-state index in [1.165, 1.54) is 18.2 Å². The van der Waals surface area contributed by atoms with Crippen LogP contribution in [-0.4, -0.2) is 41.8 Å². The zero-order chi connectivity index (χ0) is 17.3. The number of imide groups is 1. The minimum atomic E-state index is -0.338. The highest BCUT2D eigenvalue weighted by Gasteiger charge is 2.43. The molecule has 1 aromatic carbocycles. The third-order valence-electron chi connectivity index (χ3n) is 4.70. The number of amides is 3. The lowest BCUT2D eigenvalue weighted by Gasteiger charge is -2.34. The Kier molecular flexibility index (Phi) is 4.66. The van der Waals surface area contributed by atoms with Crippen molar-refractivity contribution >= 4 is 29.1 Å². The molecule has 0 saturated carbocycles. The van der Waals surface area contributed by atoms with Crippen LogP contribution in [0.3, 0.4) is 0 Å². The lowest BCUT2D eigenvalue weighted by molar-refractivity contribution is -0.123. The fourth-order valence-corrected chi connectivity index (χ4v) is 3.58. The standard InChI is InChI=1S/C18H23N3O3/c1-12-4-3-9-20(11-12)16-10-17(23)21(18(16)24)15-7-5-14(6-8-15)19-13(2)22/h5-8,12,16H,3-4,9-11H2,1-2H3,(H,19,22). The van der Waals surface area contributed by atoms with Crippen molar-refractivity contribution in [2.24, 2.45) is 5.92 Å². The highest BCUT2D eigenvalue weighted by Crippen LogP contribution is 2.29. The van der Waals surface area contributed by atoms with Crippen LogP contribution in [-0.2, 0) is 14.4 Å². The second-order valence-corrected chi connectivity index (χ2v) is 6.76. The van der Waals surface area contributed by atoms with Gasteiger partial charge in [0.2, 0.25) is 11.8 Å². The number of hydrogen-bond acceptors (Lipinski definition) is 4. The number of piperidine rings is 1. The normalized spacial score (nSPS) is 25.2. The smallest absolute Gasteiger partial charge is 0.251 e. The molecule has 0 bridgehead atoms. The first-order valence-electron chi connectivity index (χ1n) is 8.44. The van der Waals surface area contributed by atoms with Gasteiger partial charge in [-0.05, 0) is 49.6 Å². The topological polar surface area (TPSA) is 69.7 Å². The summed E-state index contributed by atoms with van der Waals surface area (Å²) in [7, 11) is 0. The maximum absolute atomic E-state index is 12.8. The molecule has 24 heavy (non-hydrogen) atoms. The van der Waals surface area contributed by atoms with Crippen molar-refractivity contribution in [1.29, 1.82) is 0 Å². The van der Waals surface area contributed by atoms with E-state index in [1.807, 2.05) is 0 Å². The maximum atomic E-state index is 12.8. The van der Waals surface area contributed by atoms with Gasteiger partial charge in [0.15, 0.2) is 0 Å². The first-order chi connectivity index (χ1) is 11.5. The Balaban J connectivity index is 1.75. The first-order valence-corrected chi connectivity index (χ1v) is 8.44. The maximum Gasteiger partial charge on any atom is 0.251 e. The molecule has 1 N–H and O–H groups in total. The summed E-state index contributed by atoms with van der Waals surface area (Å²) >= 11 is 0. The molecule has 6 heteroatoms. The van der Waals surface area contributed by atoms with Crippen molar-refractivity contribution in [3.8, 4) is 0 Å². The molecule has 2 aliphatic heterocycles. The van der Waals surface area contributed by atoms with Gasteiger partial charge < -0.3 is 5.32 Å². The molecule has 0 aromatic heterocycles. The molecular weight excluding hydrogens is 306 g/mol. The number of benzene rings is 1. The fourth-order valence-electron chi connectivity index (χ4n) is 3.58. The summed E-state index contributed by atoms with van der Waals surface area (Å²) in [6.45, 7) is 5.37. The second kappa shape index (κ2) is 6.73. The average molecular weight is 329 g/mol. The van der Waals surface area contributed by atoms with Crippen LogP contribution in [0.5, 0.6) is 0 Å². The predicted molar refractivity (Wildman–Crippen MR) is 91.6 cm³/mol. The van der Waals surface area contributed by atoms with E-state index in [0.29, 0.717) is 17.3 Å².